The van der Waals surface area contributed by atoms with Crippen molar-refractivity contribution in [2.75, 3.05) is 39.4 Å². The van der Waals surface area contributed by atoms with Crippen molar-refractivity contribution in [2.24, 2.45) is 0 Å². The van der Waals surface area contributed by atoms with Crippen LogP contribution >= 0.6 is 0 Å². The number of ether oxygens (including phenoxy) is 2. The standard InChI is InChI=1S/C15H30N2O2/c1-13(2)16-7-10-17-8-3-14(4-9-17)19-15-5-11-18-12-6-15/h13-16H,3-12H2,1-2H3. The van der Waals surface area contributed by atoms with E-state index in [-0.39, 0.29) is 0 Å². The van der Waals surface area contributed by atoms with Crippen LogP contribution in [-0.4, -0.2) is 62.5 Å². The van der Waals surface area contributed by atoms with Crippen LogP contribution in [0.1, 0.15) is 39.5 Å². The van der Waals surface area contributed by atoms with Gasteiger partial charge in [0.15, 0.2) is 0 Å². The summed E-state index contributed by atoms with van der Waals surface area (Å²) < 4.78 is 11.6. The number of nitrogens with zero attached hydrogens (tertiary/aromatic N) is 1. The fourth-order valence-corrected chi connectivity index (χ4v) is 2.86. The molecule has 2 rings (SSSR count). The van der Waals surface area contributed by atoms with Gasteiger partial charge in [0.1, 0.15) is 0 Å². The second-order valence-corrected chi connectivity index (χ2v) is 6.10. The molecule has 0 aromatic heterocycles. The summed E-state index contributed by atoms with van der Waals surface area (Å²) in [6.07, 6.45) is 5.49. The predicted molar refractivity (Wildman–Crippen MR) is 77.5 cm³/mol. The van der Waals surface area contributed by atoms with E-state index in [4.69, 9.17) is 9.47 Å². The molecule has 2 fully saturated rings. The molecule has 4 heteroatoms. The minimum atomic E-state index is 0.452. The number of nitrogens with one attached hydrogen (secondary N) is 1. The van der Waals surface area contributed by atoms with E-state index in [0.29, 0.717) is 18.2 Å². The van der Waals surface area contributed by atoms with Crippen LogP contribution in [0.4, 0.5) is 0 Å². The Labute approximate surface area is 117 Å². The molecule has 0 amide bonds. The summed E-state index contributed by atoms with van der Waals surface area (Å²) in [7, 11) is 0. The largest absolute Gasteiger partial charge is 0.381 e. The zero-order valence-electron chi connectivity index (χ0n) is 12.6. The fraction of sp³-hybridized carbons (Fsp3) is 1.00. The van der Waals surface area contributed by atoms with E-state index in [1.165, 1.54) is 32.5 Å². The second kappa shape index (κ2) is 8.20. The zero-order chi connectivity index (χ0) is 13.5. The van der Waals surface area contributed by atoms with Gasteiger partial charge in [0.2, 0.25) is 0 Å². The molecular formula is C15H30N2O2. The Bertz CT molecular complexity index is 234. The molecule has 0 atom stereocenters. The summed E-state index contributed by atoms with van der Waals surface area (Å²) in [6.45, 7) is 10.8. The minimum absolute atomic E-state index is 0.452. The Morgan fingerprint density at radius 1 is 1.11 bits per heavy atom. The van der Waals surface area contributed by atoms with Crippen molar-refractivity contribution in [3.05, 3.63) is 0 Å². The zero-order valence-corrected chi connectivity index (χ0v) is 12.6. The van der Waals surface area contributed by atoms with Gasteiger partial charge in [-0.25, -0.2) is 0 Å². The molecule has 2 aliphatic rings. The van der Waals surface area contributed by atoms with Crippen molar-refractivity contribution < 1.29 is 9.47 Å². The van der Waals surface area contributed by atoms with Crippen molar-refractivity contribution in [3.63, 3.8) is 0 Å². The van der Waals surface area contributed by atoms with Crippen molar-refractivity contribution in [3.8, 4) is 0 Å². The van der Waals surface area contributed by atoms with Gasteiger partial charge < -0.3 is 19.7 Å². The topological polar surface area (TPSA) is 33.7 Å². The number of hydrogen-bond donors (Lipinski definition) is 1. The van der Waals surface area contributed by atoms with Gasteiger partial charge in [-0.2, -0.15) is 0 Å². The van der Waals surface area contributed by atoms with E-state index in [0.717, 1.165) is 32.6 Å². The van der Waals surface area contributed by atoms with Crippen molar-refractivity contribution in [2.45, 2.75) is 57.8 Å². The number of piperidine rings is 1. The molecular weight excluding hydrogens is 240 g/mol. The lowest BCUT2D eigenvalue weighted by molar-refractivity contribution is -0.0845. The molecule has 1 N–H and O–H groups in total. The van der Waals surface area contributed by atoms with Crippen LogP contribution in [0.15, 0.2) is 0 Å². The smallest absolute Gasteiger partial charge is 0.0622 e. The summed E-state index contributed by atoms with van der Waals surface area (Å²) in [6, 6.07) is 0.592. The molecule has 2 saturated heterocycles. The van der Waals surface area contributed by atoms with Crippen LogP contribution < -0.4 is 5.32 Å². The predicted octanol–water partition coefficient (Wildman–Crippen LogP) is 1.64. The average Bonchev–Trinajstić information content (AvgIpc) is 2.42. The van der Waals surface area contributed by atoms with E-state index in [1.807, 2.05) is 0 Å². The van der Waals surface area contributed by atoms with Gasteiger partial charge in [-0.15, -0.1) is 0 Å². The van der Waals surface area contributed by atoms with E-state index in [2.05, 4.69) is 24.1 Å². The highest BCUT2D eigenvalue weighted by Crippen LogP contribution is 2.19. The van der Waals surface area contributed by atoms with E-state index in [9.17, 15) is 0 Å². The first-order chi connectivity index (χ1) is 9.24. The maximum absolute atomic E-state index is 6.20. The molecule has 0 unspecified atom stereocenters. The van der Waals surface area contributed by atoms with Crippen LogP contribution in [-0.2, 0) is 9.47 Å². The Morgan fingerprint density at radius 2 is 1.74 bits per heavy atom. The number of hydrogen-bond acceptors (Lipinski definition) is 4. The summed E-state index contributed by atoms with van der Waals surface area (Å²) in [4.78, 5) is 2.55. The third-order valence-corrected chi connectivity index (χ3v) is 4.07. The molecule has 2 aliphatic heterocycles. The third-order valence-electron chi connectivity index (χ3n) is 4.07. The fourth-order valence-electron chi connectivity index (χ4n) is 2.86. The minimum Gasteiger partial charge on any atom is -0.381 e. The van der Waals surface area contributed by atoms with Gasteiger partial charge in [-0.3, -0.25) is 0 Å². The van der Waals surface area contributed by atoms with Crippen LogP contribution in [0.5, 0.6) is 0 Å². The Morgan fingerprint density at radius 3 is 2.37 bits per heavy atom. The monoisotopic (exact) mass is 270 g/mol. The molecule has 0 aromatic rings. The number of rotatable bonds is 6. The molecule has 2 heterocycles. The van der Waals surface area contributed by atoms with Gasteiger partial charge in [-0.1, -0.05) is 13.8 Å². The highest BCUT2D eigenvalue weighted by molar-refractivity contribution is 4.75. The quantitative estimate of drug-likeness (QED) is 0.795. The molecule has 0 aromatic carbocycles. The highest BCUT2D eigenvalue weighted by Gasteiger charge is 2.23. The first kappa shape index (κ1) is 15.2. The molecule has 0 bridgehead atoms. The van der Waals surface area contributed by atoms with Gasteiger partial charge in [0.05, 0.1) is 12.2 Å². The molecule has 19 heavy (non-hydrogen) atoms. The van der Waals surface area contributed by atoms with Gasteiger partial charge in [0.25, 0.3) is 0 Å². The summed E-state index contributed by atoms with van der Waals surface area (Å²) in [5.74, 6) is 0. The summed E-state index contributed by atoms with van der Waals surface area (Å²) in [5, 5.41) is 3.48. The van der Waals surface area contributed by atoms with E-state index >= 15 is 0 Å². The molecule has 112 valence electrons. The lowest BCUT2D eigenvalue weighted by Gasteiger charge is -2.35. The van der Waals surface area contributed by atoms with Gasteiger partial charge in [0, 0.05) is 45.4 Å². The molecule has 4 nitrogen and oxygen atoms in total. The molecule has 0 aliphatic carbocycles. The van der Waals surface area contributed by atoms with Crippen LogP contribution in [0.3, 0.4) is 0 Å². The Balaban J connectivity index is 1.56. The van der Waals surface area contributed by atoms with Gasteiger partial charge in [-0.05, 0) is 25.7 Å². The first-order valence-electron chi connectivity index (χ1n) is 7.93. The van der Waals surface area contributed by atoms with Crippen molar-refractivity contribution in [1.29, 1.82) is 0 Å². The van der Waals surface area contributed by atoms with Gasteiger partial charge >= 0.3 is 0 Å². The maximum atomic E-state index is 6.20. The highest BCUT2D eigenvalue weighted by atomic mass is 16.5. The Kier molecular flexibility index (Phi) is 6.57. The maximum Gasteiger partial charge on any atom is 0.0622 e. The third kappa shape index (κ3) is 5.78. The summed E-state index contributed by atoms with van der Waals surface area (Å²) in [5.41, 5.74) is 0. The van der Waals surface area contributed by atoms with Crippen LogP contribution in [0, 0.1) is 0 Å². The second-order valence-electron chi connectivity index (χ2n) is 6.10. The molecule has 0 radical (unpaired) electrons. The average molecular weight is 270 g/mol. The van der Waals surface area contributed by atoms with Crippen molar-refractivity contribution >= 4 is 0 Å². The summed E-state index contributed by atoms with van der Waals surface area (Å²) >= 11 is 0. The molecule has 0 saturated carbocycles. The normalized spacial score (nSPS) is 24.2. The van der Waals surface area contributed by atoms with Crippen molar-refractivity contribution in [1.82, 2.24) is 10.2 Å². The lowest BCUT2D eigenvalue weighted by atomic mass is 10.1. The van der Waals surface area contributed by atoms with Crippen LogP contribution in [0.2, 0.25) is 0 Å². The first-order valence-corrected chi connectivity index (χ1v) is 7.93. The SMILES string of the molecule is CC(C)NCCN1CCC(OC2CCOCC2)CC1. The molecule has 0 spiro atoms. The van der Waals surface area contributed by atoms with Crippen LogP contribution in [0.25, 0.3) is 0 Å². The Hall–Kier alpha value is -0.160. The van der Waals surface area contributed by atoms with E-state index < -0.39 is 0 Å². The lowest BCUT2D eigenvalue weighted by Crippen LogP contribution is -2.42. The number of likely N-dealkylation sites (tertiary alicyclic amines) is 1. The van der Waals surface area contributed by atoms with E-state index in [1.54, 1.807) is 0 Å².